The summed E-state index contributed by atoms with van der Waals surface area (Å²) in [4.78, 5) is 4.79. The summed E-state index contributed by atoms with van der Waals surface area (Å²) in [6.07, 6.45) is 9.43. The highest BCUT2D eigenvalue weighted by atomic mass is 32.1. The Labute approximate surface area is 118 Å². The van der Waals surface area contributed by atoms with Crippen molar-refractivity contribution in [2.75, 3.05) is 0 Å². The minimum atomic E-state index is 0.689. The van der Waals surface area contributed by atoms with E-state index < -0.39 is 0 Å². The molecular formula is C15H23NS2. The minimum absolute atomic E-state index is 0.689. The lowest BCUT2D eigenvalue weighted by molar-refractivity contribution is 0.534. The van der Waals surface area contributed by atoms with Gasteiger partial charge in [-0.1, -0.05) is 46.0 Å². The molecule has 0 spiro atoms. The predicted molar refractivity (Wildman–Crippen MR) is 83.9 cm³/mol. The molecule has 100 valence electrons. The molecule has 0 bridgehead atoms. The molecule has 3 heteroatoms. The molecule has 1 nitrogen and oxygen atoms in total. The van der Waals surface area contributed by atoms with Gasteiger partial charge in [0.1, 0.15) is 0 Å². The molecule has 0 aliphatic rings. The van der Waals surface area contributed by atoms with E-state index in [0.29, 0.717) is 5.92 Å². The maximum Gasteiger partial charge on any atom is 0.0970 e. The number of hydrogen-bond acceptors (Lipinski definition) is 3. The summed E-state index contributed by atoms with van der Waals surface area (Å²) >= 11 is 3.67. The molecule has 0 aromatic carbocycles. The molecule has 0 fully saturated rings. The van der Waals surface area contributed by atoms with Crippen LogP contribution in [-0.2, 0) is 0 Å². The molecule has 0 N–H and O–H groups in total. The lowest BCUT2D eigenvalue weighted by atomic mass is 9.98. The summed E-state index contributed by atoms with van der Waals surface area (Å²) in [6.45, 7) is 4.57. The monoisotopic (exact) mass is 281 g/mol. The highest BCUT2D eigenvalue weighted by molar-refractivity contribution is 7.22. The van der Waals surface area contributed by atoms with Crippen LogP contribution in [0, 0.1) is 0 Å². The largest absolute Gasteiger partial charge is 0.240 e. The molecule has 1 unspecified atom stereocenters. The van der Waals surface area contributed by atoms with Crippen molar-refractivity contribution in [1.82, 2.24) is 4.98 Å². The Kier molecular flexibility index (Phi) is 5.64. The fourth-order valence-corrected chi connectivity index (χ4v) is 4.45. The summed E-state index contributed by atoms with van der Waals surface area (Å²) < 4.78 is 1.37. The molecule has 1 atom stereocenters. The van der Waals surface area contributed by atoms with Crippen LogP contribution in [0.4, 0.5) is 0 Å². The van der Waals surface area contributed by atoms with Gasteiger partial charge in [-0.3, -0.25) is 0 Å². The second-order valence-corrected chi connectivity index (χ2v) is 6.79. The molecule has 0 aliphatic carbocycles. The van der Waals surface area contributed by atoms with Gasteiger partial charge in [0.2, 0.25) is 0 Å². The van der Waals surface area contributed by atoms with Crippen molar-refractivity contribution in [3.8, 4) is 0 Å². The predicted octanol–water partition coefficient (Wildman–Crippen LogP) is 6.21. The van der Waals surface area contributed by atoms with Gasteiger partial charge in [-0.15, -0.1) is 22.7 Å². The van der Waals surface area contributed by atoms with Crippen LogP contribution in [0.5, 0.6) is 0 Å². The van der Waals surface area contributed by atoms with Crippen molar-refractivity contribution in [2.24, 2.45) is 0 Å². The summed E-state index contributed by atoms with van der Waals surface area (Å²) in [5.41, 5.74) is 1.21. The zero-order chi connectivity index (χ0) is 12.8. The number of thiazole rings is 1. The standard InChI is InChI=1S/C15H23NS2/c1-3-5-6-7-8-9-12(4-2)15-16-13-10-17-11-14(13)18-15/h10-12H,3-9H2,1-2H3. The van der Waals surface area contributed by atoms with Crippen LogP contribution in [0.1, 0.15) is 69.7 Å². The van der Waals surface area contributed by atoms with Crippen LogP contribution in [0.3, 0.4) is 0 Å². The Hall–Kier alpha value is -0.410. The van der Waals surface area contributed by atoms with E-state index in [1.165, 1.54) is 60.2 Å². The van der Waals surface area contributed by atoms with E-state index in [9.17, 15) is 0 Å². The average molecular weight is 281 g/mol. The molecule has 0 amide bonds. The van der Waals surface area contributed by atoms with Crippen molar-refractivity contribution in [2.45, 2.75) is 64.7 Å². The normalized spacial score (nSPS) is 13.2. The van der Waals surface area contributed by atoms with Gasteiger partial charge in [-0.2, -0.15) is 0 Å². The Morgan fingerprint density at radius 2 is 1.94 bits per heavy atom. The van der Waals surface area contributed by atoms with E-state index in [-0.39, 0.29) is 0 Å². The van der Waals surface area contributed by atoms with Crippen molar-refractivity contribution >= 4 is 32.9 Å². The number of unbranched alkanes of at least 4 members (excludes halogenated alkanes) is 4. The number of nitrogens with zero attached hydrogens (tertiary/aromatic N) is 1. The van der Waals surface area contributed by atoms with E-state index in [1.54, 1.807) is 11.3 Å². The van der Waals surface area contributed by atoms with Gasteiger partial charge < -0.3 is 0 Å². The first-order valence-corrected chi connectivity index (χ1v) is 8.93. The molecule has 18 heavy (non-hydrogen) atoms. The van der Waals surface area contributed by atoms with Crippen molar-refractivity contribution < 1.29 is 0 Å². The minimum Gasteiger partial charge on any atom is -0.240 e. The highest BCUT2D eigenvalue weighted by Crippen LogP contribution is 2.34. The number of fused-ring (bicyclic) bond motifs is 1. The first-order valence-electron chi connectivity index (χ1n) is 7.17. The summed E-state index contributed by atoms with van der Waals surface area (Å²) in [6, 6.07) is 0. The Balaban J connectivity index is 1.86. The van der Waals surface area contributed by atoms with Crippen molar-refractivity contribution in [1.29, 1.82) is 0 Å². The van der Waals surface area contributed by atoms with Crippen LogP contribution < -0.4 is 0 Å². The topological polar surface area (TPSA) is 12.9 Å². The lowest BCUT2D eigenvalue weighted by Crippen LogP contribution is -1.96. The third-order valence-electron chi connectivity index (χ3n) is 3.55. The zero-order valence-electron chi connectivity index (χ0n) is 11.4. The highest BCUT2D eigenvalue weighted by Gasteiger charge is 2.14. The summed E-state index contributed by atoms with van der Waals surface area (Å²) in [5, 5.41) is 5.76. The van der Waals surface area contributed by atoms with E-state index in [4.69, 9.17) is 4.98 Å². The smallest absolute Gasteiger partial charge is 0.0970 e. The third-order valence-corrected chi connectivity index (χ3v) is 5.61. The van der Waals surface area contributed by atoms with E-state index >= 15 is 0 Å². The quantitative estimate of drug-likeness (QED) is 0.524. The summed E-state index contributed by atoms with van der Waals surface area (Å²) in [7, 11) is 0. The van der Waals surface area contributed by atoms with Crippen LogP contribution in [0.25, 0.3) is 10.2 Å². The summed E-state index contributed by atoms with van der Waals surface area (Å²) in [5.74, 6) is 0.689. The molecule has 2 rings (SSSR count). The van der Waals surface area contributed by atoms with Gasteiger partial charge in [-0.25, -0.2) is 4.98 Å². The molecule has 0 aliphatic heterocycles. The van der Waals surface area contributed by atoms with Gasteiger partial charge in [-0.05, 0) is 12.8 Å². The van der Waals surface area contributed by atoms with Crippen LogP contribution in [0.15, 0.2) is 10.8 Å². The molecule has 2 aromatic rings. The lowest BCUT2D eigenvalue weighted by Gasteiger charge is -2.11. The fourth-order valence-electron chi connectivity index (χ4n) is 2.36. The Bertz CT molecular complexity index is 429. The molecule has 2 aromatic heterocycles. The Morgan fingerprint density at radius 1 is 1.11 bits per heavy atom. The van der Waals surface area contributed by atoms with Gasteiger partial charge in [0, 0.05) is 16.7 Å². The van der Waals surface area contributed by atoms with Gasteiger partial charge >= 0.3 is 0 Å². The van der Waals surface area contributed by atoms with Crippen LogP contribution in [-0.4, -0.2) is 4.98 Å². The zero-order valence-corrected chi connectivity index (χ0v) is 13.1. The SMILES string of the molecule is CCCCCCCC(CC)c1nc2cscc2s1. The van der Waals surface area contributed by atoms with Crippen LogP contribution in [0.2, 0.25) is 0 Å². The van der Waals surface area contributed by atoms with E-state index in [1.807, 2.05) is 11.3 Å². The number of aromatic nitrogens is 1. The average Bonchev–Trinajstić information content (AvgIpc) is 2.94. The second-order valence-electron chi connectivity index (χ2n) is 4.98. The van der Waals surface area contributed by atoms with Crippen molar-refractivity contribution in [3.05, 3.63) is 15.8 Å². The maximum absolute atomic E-state index is 4.79. The molecule has 2 heterocycles. The first-order chi connectivity index (χ1) is 8.85. The van der Waals surface area contributed by atoms with E-state index in [2.05, 4.69) is 24.6 Å². The second kappa shape index (κ2) is 7.25. The van der Waals surface area contributed by atoms with Gasteiger partial charge in [0.25, 0.3) is 0 Å². The van der Waals surface area contributed by atoms with E-state index in [0.717, 1.165) is 0 Å². The molecule has 0 saturated heterocycles. The maximum atomic E-state index is 4.79. The number of hydrogen-bond donors (Lipinski definition) is 0. The number of rotatable bonds is 8. The number of thiophene rings is 1. The van der Waals surface area contributed by atoms with Gasteiger partial charge in [0.15, 0.2) is 0 Å². The molecule has 0 radical (unpaired) electrons. The molecule has 0 saturated carbocycles. The fraction of sp³-hybridized carbons (Fsp3) is 0.667. The first kappa shape index (κ1) is 14.0. The van der Waals surface area contributed by atoms with Gasteiger partial charge in [0.05, 0.1) is 15.2 Å². The molecular weight excluding hydrogens is 258 g/mol. The third kappa shape index (κ3) is 3.55. The van der Waals surface area contributed by atoms with Crippen molar-refractivity contribution in [3.63, 3.8) is 0 Å². The Morgan fingerprint density at radius 3 is 2.67 bits per heavy atom. The van der Waals surface area contributed by atoms with Crippen LogP contribution >= 0.6 is 22.7 Å².